The van der Waals surface area contributed by atoms with E-state index < -0.39 is 16.2 Å². The van der Waals surface area contributed by atoms with Gasteiger partial charge in [0, 0.05) is 21.1 Å². The Labute approximate surface area is 92.7 Å². The molecule has 0 amide bonds. The van der Waals surface area contributed by atoms with Crippen molar-refractivity contribution in [2.45, 2.75) is 0 Å². The van der Waals surface area contributed by atoms with Gasteiger partial charge < -0.3 is 4.98 Å². The Morgan fingerprint density at radius 2 is 2.27 bits per heavy atom. The highest BCUT2D eigenvalue weighted by Crippen LogP contribution is 2.01. The summed E-state index contributed by atoms with van der Waals surface area (Å²) < 4.78 is 0.536. The maximum absolute atomic E-state index is 11.1. The first kappa shape index (κ1) is 11.4. The van der Waals surface area contributed by atoms with Gasteiger partial charge in [0.25, 0.3) is 0 Å². The summed E-state index contributed by atoms with van der Waals surface area (Å²) in [5, 5.41) is 11.2. The van der Waals surface area contributed by atoms with Gasteiger partial charge in [0.05, 0.1) is 4.92 Å². The van der Waals surface area contributed by atoms with Crippen LogP contribution < -0.4 is 16.1 Å². The molecule has 1 aromatic rings. The van der Waals surface area contributed by atoms with E-state index in [2.05, 4.69) is 34.1 Å². The van der Waals surface area contributed by atoms with Gasteiger partial charge in [-0.1, -0.05) is 29.1 Å². The molecule has 0 spiro atoms. The lowest BCUT2D eigenvalue weighted by Gasteiger charge is -1.92. The third-order valence-corrected chi connectivity index (χ3v) is 1.88. The number of nitrogens with one attached hydrogen (secondary N) is 1. The molecule has 0 saturated heterocycles. The van der Waals surface area contributed by atoms with Gasteiger partial charge in [-0.25, -0.2) is 0 Å². The number of nitro groups is 1. The highest BCUT2D eigenvalue weighted by atomic mass is 79.9. The van der Waals surface area contributed by atoms with Crippen LogP contribution in [0.3, 0.4) is 0 Å². The molecule has 6 heteroatoms. The third kappa shape index (κ3) is 2.63. The molecule has 0 bridgehead atoms. The van der Waals surface area contributed by atoms with Crippen LogP contribution in [0.25, 0.3) is 12.7 Å². The quantitative estimate of drug-likeness (QED) is 0.624. The van der Waals surface area contributed by atoms with Crippen LogP contribution in [0, 0.1) is 10.1 Å². The van der Waals surface area contributed by atoms with Crippen LogP contribution in [0.5, 0.6) is 0 Å². The number of nitrogens with zero attached hydrogens (tertiary/aromatic N) is 1. The van der Waals surface area contributed by atoms with Gasteiger partial charge in [0.15, 0.2) is 0 Å². The van der Waals surface area contributed by atoms with Crippen molar-refractivity contribution in [3.63, 3.8) is 0 Å². The number of hydrogen-bond donors (Lipinski definition) is 1. The maximum Gasteiger partial charge on any atom is 0.334 e. The van der Waals surface area contributed by atoms with Crippen LogP contribution in [0.2, 0.25) is 0 Å². The Bertz CT molecular complexity index is 588. The van der Waals surface area contributed by atoms with Gasteiger partial charge in [-0.15, -0.1) is 0 Å². The number of rotatable bonds is 2. The molecule has 1 aromatic heterocycles. The number of pyridine rings is 1. The summed E-state index contributed by atoms with van der Waals surface area (Å²) in [6, 6.07) is 1.16. The average Bonchev–Trinajstić information content (AvgIpc) is 2.08. The number of halogens is 1. The molecule has 1 N–H and O–H groups in total. The summed E-state index contributed by atoms with van der Waals surface area (Å²) in [5.41, 5.74) is -1.27. The van der Waals surface area contributed by atoms with E-state index in [1.54, 1.807) is 0 Å². The summed E-state index contributed by atoms with van der Waals surface area (Å²) in [6.45, 7) is 7.12. The SMILES string of the molecule is C=C(Br)/C=c1/cc([N+](=O)[O-])c(=O)[nH]c1=C. The minimum Gasteiger partial charge on any atom is -0.317 e. The van der Waals surface area contributed by atoms with Crippen LogP contribution >= 0.6 is 15.9 Å². The molecule has 0 unspecified atom stereocenters. The predicted molar refractivity (Wildman–Crippen MR) is 61.0 cm³/mol. The number of H-pyrrole nitrogens is 1. The van der Waals surface area contributed by atoms with Crippen molar-refractivity contribution in [2.75, 3.05) is 0 Å². The molecule has 0 aliphatic heterocycles. The van der Waals surface area contributed by atoms with Gasteiger partial charge in [0.1, 0.15) is 0 Å². The molecule has 0 radical (unpaired) electrons. The van der Waals surface area contributed by atoms with Crippen molar-refractivity contribution in [3.8, 4) is 0 Å². The van der Waals surface area contributed by atoms with E-state index in [9.17, 15) is 14.9 Å². The highest BCUT2D eigenvalue weighted by Gasteiger charge is 2.10. The minimum absolute atomic E-state index is 0.311. The molecule has 0 aliphatic rings. The molecule has 0 aromatic carbocycles. The fourth-order valence-corrected chi connectivity index (χ4v) is 1.25. The van der Waals surface area contributed by atoms with E-state index in [4.69, 9.17) is 0 Å². The van der Waals surface area contributed by atoms with Gasteiger partial charge in [-0.05, 0) is 6.08 Å². The van der Waals surface area contributed by atoms with Gasteiger partial charge in [-0.3, -0.25) is 14.9 Å². The Balaban J connectivity index is 3.65. The summed E-state index contributed by atoms with van der Waals surface area (Å²) in [6.07, 6.45) is 1.53. The number of aromatic amines is 1. The Morgan fingerprint density at radius 3 is 2.73 bits per heavy atom. The molecule has 15 heavy (non-hydrogen) atoms. The lowest BCUT2D eigenvalue weighted by Crippen LogP contribution is -2.34. The van der Waals surface area contributed by atoms with E-state index >= 15 is 0 Å². The topological polar surface area (TPSA) is 76.0 Å². The Kier molecular flexibility index (Phi) is 3.21. The molecule has 1 heterocycles. The Hall–Kier alpha value is -1.69. The summed E-state index contributed by atoms with van der Waals surface area (Å²) in [4.78, 5) is 23.2. The summed E-state index contributed by atoms with van der Waals surface area (Å²) in [7, 11) is 0. The van der Waals surface area contributed by atoms with Gasteiger partial charge in [-0.2, -0.15) is 0 Å². The zero-order chi connectivity index (χ0) is 11.6. The summed E-state index contributed by atoms with van der Waals surface area (Å²) in [5.74, 6) is 0. The molecular formula is C9H7BrN2O3. The second-order valence-electron chi connectivity index (χ2n) is 2.77. The van der Waals surface area contributed by atoms with Crippen molar-refractivity contribution < 1.29 is 4.92 Å². The molecule has 0 fully saturated rings. The average molecular weight is 271 g/mol. The molecule has 0 atom stereocenters. The van der Waals surface area contributed by atoms with Crippen molar-refractivity contribution in [3.05, 3.63) is 48.2 Å². The second kappa shape index (κ2) is 4.22. The fourth-order valence-electron chi connectivity index (χ4n) is 1.01. The number of aromatic nitrogens is 1. The zero-order valence-corrected chi connectivity index (χ0v) is 9.20. The second-order valence-corrected chi connectivity index (χ2v) is 3.78. The number of allylic oxidation sites excluding steroid dienone is 1. The lowest BCUT2D eigenvalue weighted by atomic mass is 10.3. The minimum atomic E-state index is -0.762. The molecule has 0 saturated carbocycles. The van der Waals surface area contributed by atoms with Crippen LogP contribution in [-0.2, 0) is 0 Å². The molecule has 5 nitrogen and oxygen atoms in total. The van der Waals surface area contributed by atoms with Crippen LogP contribution in [-0.4, -0.2) is 9.91 Å². The van der Waals surface area contributed by atoms with Crippen LogP contribution in [0.15, 0.2) is 21.9 Å². The molecule has 1 rings (SSSR count). The Morgan fingerprint density at radius 1 is 1.67 bits per heavy atom. The highest BCUT2D eigenvalue weighted by molar-refractivity contribution is 9.12. The monoisotopic (exact) mass is 270 g/mol. The van der Waals surface area contributed by atoms with E-state index in [1.807, 2.05) is 0 Å². The van der Waals surface area contributed by atoms with Crippen molar-refractivity contribution in [1.82, 2.24) is 4.98 Å². The smallest absolute Gasteiger partial charge is 0.317 e. The summed E-state index contributed by atoms with van der Waals surface area (Å²) >= 11 is 3.09. The maximum atomic E-state index is 11.1. The largest absolute Gasteiger partial charge is 0.334 e. The zero-order valence-electron chi connectivity index (χ0n) is 7.62. The standard InChI is InChI=1S/C9H7BrN2O3/c1-5(10)3-7-4-8(12(14)15)9(13)11-6(7)2/h3-4H,1-2H2,(H,11,13)/b7-3-. The fraction of sp³-hybridized carbons (Fsp3) is 0. The van der Waals surface area contributed by atoms with E-state index in [-0.39, 0.29) is 0 Å². The van der Waals surface area contributed by atoms with Crippen LogP contribution in [0.1, 0.15) is 0 Å². The predicted octanol–water partition coefficient (Wildman–Crippen LogP) is 0.382. The normalized spacial score (nSPS) is 11.4. The van der Waals surface area contributed by atoms with E-state index in [0.29, 0.717) is 15.1 Å². The van der Waals surface area contributed by atoms with Crippen molar-refractivity contribution in [1.29, 1.82) is 0 Å². The molecule has 0 aliphatic carbocycles. The first-order chi connectivity index (χ1) is 6.91. The third-order valence-electron chi connectivity index (χ3n) is 1.65. The first-order valence-corrected chi connectivity index (χ1v) is 4.64. The van der Waals surface area contributed by atoms with Gasteiger partial charge in [0.2, 0.25) is 0 Å². The van der Waals surface area contributed by atoms with Crippen LogP contribution in [0.4, 0.5) is 5.69 Å². The van der Waals surface area contributed by atoms with Gasteiger partial charge >= 0.3 is 11.2 Å². The number of hydrogen-bond acceptors (Lipinski definition) is 3. The van der Waals surface area contributed by atoms with E-state index in [1.165, 1.54) is 6.08 Å². The van der Waals surface area contributed by atoms with Crippen molar-refractivity contribution >= 4 is 34.3 Å². The van der Waals surface area contributed by atoms with Crippen molar-refractivity contribution in [2.24, 2.45) is 0 Å². The first-order valence-electron chi connectivity index (χ1n) is 3.84. The molecule has 78 valence electrons. The lowest BCUT2D eigenvalue weighted by molar-refractivity contribution is -0.386. The molecular weight excluding hydrogens is 264 g/mol. The van der Waals surface area contributed by atoms with E-state index in [0.717, 1.165) is 6.07 Å².